The van der Waals surface area contributed by atoms with E-state index in [1.807, 2.05) is 59.1 Å². The van der Waals surface area contributed by atoms with Crippen LogP contribution < -0.4 is 5.32 Å². The molecule has 3 aromatic heterocycles. The third kappa shape index (κ3) is 3.02. The summed E-state index contributed by atoms with van der Waals surface area (Å²) in [6.45, 7) is 0.446. The van der Waals surface area contributed by atoms with Crippen LogP contribution in [-0.4, -0.2) is 36.6 Å². The number of carbonyl (C=O) groups is 1. The molecular weight excluding hydrogens is 348 g/mol. The quantitative estimate of drug-likeness (QED) is 0.534. The molecule has 0 radical (unpaired) electrons. The smallest absolute Gasteiger partial charge is 0.269 e. The molecule has 3 heterocycles. The van der Waals surface area contributed by atoms with Crippen molar-refractivity contribution in [1.82, 2.24) is 29.5 Å². The fourth-order valence-electron chi connectivity index (χ4n) is 2.81. The number of aromatic nitrogens is 5. The van der Waals surface area contributed by atoms with Gasteiger partial charge >= 0.3 is 0 Å². The molecule has 0 saturated carbocycles. The van der Waals surface area contributed by atoms with Crippen LogP contribution in [0.3, 0.4) is 0 Å². The maximum atomic E-state index is 12.6. The van der Waals surface area contributed by atoms with Crippen molar-refractivity contribution in [3.63, 3.8) is 0 Å². The van der Waals surface area contributed by atoms with Gasteiger partial charge in [-0.3, -0.25) is 13.8 Å². The summed E-state index contributed by atoms with van der Waals surface area (Å²) < 4.78 is 4.11. The van der Waals surface area contributed by atoms with Gasteiger partial charge in [0.15, 0.2) is 10.4 Å². The Hall–Kier alpha value is -3.26. The van der Waals surface area contributed by atoms with Crippen molar-refractivity contribution in [3.8, 4) is 5.69 Å². The Morgan fingerprint density at radius 1 is 1.12 bits per heavy atom. The number of amides is 1. The van der Waals surface area contributed by atoms with E-state index in [-0.39, 0.29) is 5.91 Å². The average molecular weight is 364 g/mol. The monoisotopic (exact) mass is 364 g/mol. The van der Waals surface area contributed by atoms with E-state index in [2.05, 4.69) is 20.5 Å². The molecule has 7 nitrogen and oxygen atoms in total. The van der Waals surface area contributed by atoms with Crippen LogP contribution in [0.4, 0.5) is 0 Å². The second kappa shape index (κ2) is 6.93. The zero-order chi connectivity index (χ0) is 17.9. The molecule has 4 rings (SSSR count). The molecule has 0 aliphatic carbocycles. The first-order chi connectivity index (χ1) is 12.7. The lowest BCUT2D eigenvalue weighted by Gasteiger charge is -2.08. The minimum Gasteiger partial charge on any atom is -0.350 e. The molecule has 26 heavy (non-hydrogen) atoms. The number of pyridine rings is 1. The number of rotatable bonds is 5. The third-order valence-corrected chi connectivity index (χ3v) is 4.34. The molecule has 130 valence electrons. The second-order valence-corrected chi connectivity index (χ2v) is 6.09. The number of nitrogens with one attached hydrogen (secondary N) is 2. The van der Waals surface area contributed by atoms with Crippen molar-refractivity contribution >= 4 is 23.8 Å². The molecule has 0 aliphatic heterocycles. The number of carbonyl (C=O) groups excluding carboxylic acids is 1. The van der Waals surface area contributed by atoms with Gasteiger partial charge in [0.1, 0.15) is 11.5 Å². The molecule has 1 amide bonds. The van der Waals surface area contributed by atoms with Crippen LogP contribution in [0, 0.1) is 4.77 Å². The van der Waals surface area contributed by atoms with E-state index in [4.69, 9.17) is 12.2 Å². The summed E-state index contributed by atoms with van der Waals surface area (Å²) in [5.74, 6) is 0.602. The molecule has 1 aromatic carbocycles. The standard InChI is InChI=1S/C18H16N6OS/c25-17(14-12-20-18(26)24(14)13-6-2-1-3-7-13)19-10-9-16-22-21-15-8-4-5-11-23(15)16/h1-8,11-12H,9-10H2,(H,19,25)(H,20,26). The van der Waals surface area contributed by atoms with Crippen molar-refractivity contribution in [3.05, 3.63) is 77.2 Å². The maximum Gasteiger partial charge on any atom is 0.269 e. The van der Waals surface area contributed by atoms with Gasteiger partial charge in [0.2, 0.25) is 0 Å². The first-order valence-corrected chi connectivity index (χ1v) is 8.57. The zero-order valence-electron chi connectivity index (χ0n) is 13.8. The predicted molar refractivity (Wildman–Crippen MR) is 100.0 cm³/mol. The zero-order valence-corrected chi connectivity index (χ0v) is 14.6. The number of imidazole rings is 1. The van der Waals surface area contributed by atoms with Crippen LogP contribution in [0.1, 0.15) is 16.3 Å². The van der Waals surface area contributed by atoms with Gasteiger partial charge in [-0.05, 0) is 36.5 Å². The highest BCUT2D eigenvalue weighted by Gasteiger charge is 2.14. The van der Waals surface area contributed by atoms with Crippen LogP contribution >= 0.6 is 12.2 Å². The molecule has 0 saturated heterocycles. The number of H-pyrrole nitrogens is 1. The van der Waals surface area contributed by atoms with Gasteiger partial charge in [-0.1, -0.05) is 24.3 Å². The van der Waals surface area contributed by atoms with Gasteiger partial charge in [0.05, 0.1) is 0 Å². The summed E-state index contributed by atoms with van der Waals surface area (Å²) in [6, 6.07) is 15.3. The van der Waals surface area contributed by atoms with E-state index in [1.165, 1.54) is 0 Å². The lowest BCUT2D eigenvalue weighted by molar-refractivity contribution is 0.0947. The van der Waals surface area contributed by atoms with E-state index in [9.17, 15) is 4.79 Å². The number of hydrogen-bond donors (Lipinski definition) is 2. The number of benzene rings is 1. The van der Waals surface area contributed by atoms with Crippen molar-refractivity contribution in [2.24, 2.45) is 0 Å². The largest absolute Gasteiger partial charge is 0.350 e. The van der Waals surface area contributed by atoms with Gasteiger partial charge in [0, 0.05) is 31.0 Å². The van der Waals surface area contributed by atoms with Crippen LogP contribution in [0.15, 0.2) is 60.9 Å². The van der Waals surface area contributed by atoms with E-state index >= 15 is 0 Å². The SMILES string of the molecule is O=C(NCCc1nnc2ccccn12)c1c[nH]c(=S)n1-c1ccccc1. The summed E-state index contributed by atoms with van der Waals surface area (Å²) in [5.41, 5.74) is 2.09. The fourth-order valence-corrected chi connectivity index (χ4v) is 3.07. The highest BCUT2D eigenvalue weighted by atomic mass is 32.1. The van der Waals surface area contributed by atoms with Gasteiger partial charge in [0.25, 0.3) is 5.91 Å². The molecule has 8 heteroatoms. The number of aromatic amines is 1. The highest BCUT2D eigenvalue weighted by molar-refractivity contribution is 7.71. The minimum atomic E-state index is -0.199. The molecule has 4 aromatic rings. The molecule has 0 atom stereocenters. The van der Waals surface area contributed by atoms with Crippen molar-refractivity contribution in [2.45, 2.75) is 6.42 Å². The van der Waals surface area contributed by atoms with Crippen molar-refractivity contribution in [2.75, 3.05) is 6.54 Å². The van der Waals surface area contributed by atoms with Crippen molar-refractivity contribution in [1.29, 1.82) is 0 Å². The first-order valence-electron chi connectivity index (χ1n) is 8.17. The summed E-state index contributed by atoms with van der Waals surface area (Å²) >= 11 is 5.31. The lowest BCUT2D eigenvalue weighted by Crippen LogP contribution is -2.28. The van der Waals surface area contributed by atoms with Crippen molar-refractivity contribution < 1.29 is 4.79 Å². The Balaban J connectivity index is 1.49. The Morgan fingerprint density at radius 2 is 1.92 bits per heavy atom. The Labute approximate surface area is 154 Å². The second-order valence-electron chi connectivity index (χ2n) is 5.70. The predicted octanol–water partition coefficient (Wildman–Crippen LogP) is 2.55. The van der Waals surface area contributed by atoms with Gasteiger partial charge in [-0.25, -0.2) is 0 Å². The molecule has 0 unspecified atom stereocenters. The van der Waals surface area contributed by atoms with E-state index in [0.29, 0.717) is 23.4 Å². The van der Waals surface area contributed by atoms with Gasteiger partial charge in [-0.2, -0.15) is 0 Å². The van der Waals surface area contributed by atoms with E-state index in [0.717, 1.165) is 17.2 Å². The van der Waals surface area contributed by atoms with Crippen LogP contribution in [-0.2, 0) is 6.42 Å². The maximum absolute atomic E-state index is 12.6. The average Bonchev–Trinajstić information content (AvgIpc) is 3.26. The molecule has 0 aliphatic rings. The molecule has 2 N–H and O–H groups in total. The number of hydrogen-bond acceptors (Lipinski definition) is 4. The van der Waals surface area contributed by atoms with Gasteiger partial charge in [-0.15, -0.1) is 10.2 Å². The van der Waals surface area contributed by atoms with Crippen LogP contribution in [0.5, 0.6) is 0 Å². The van der Waals surface area contributed by atoms with Crippen LogP contribution in [0.2, 0.25) is 0 Å². The Bertz CT molecular complexity index is 1110. The summed E-state index contributed by atoms with van der Waals surface area (Å²) in [6.07, 6.45) is 4.11. The minimum absolute atomic E-state index is 0.199. The number of nitrogens with zero attached hydrogens (tertiary/aromatic N) is 4. The third-order valence-electron chi connectivity index (χ3n) is 4.04. The van der Waals surface area contributed by atoms with E-state index in [1.54, 1.807) is 10.8 Å². The highest BCUT2D eigenvalue weighted by Crippen LogP contribution is 2.12. The molecule has 0 bridgehead atoms. The summed E-state index contributed by atoms with van der Waals surface area (Å²) in [5, 5.41) is 11.2. The topological polar surface area (TPSA) is 80.0 Å². The fraction of sp³-hybridized carbons (Fsp3) is 0.111. The van der Waals surface area contributed by atoms with E-state index < -0.39 is 0 Å². The summed E-state index contributed by atoms with van der Waals surface area (Å²) in [7, 11) is 0. The summed E-state index contributed by atoms with van der Waals surface area (Å²) in [4.78, 5) is 15.5. The normalized spacial score (nSPS) is 10.9. The number of fused-ring (bicyclic) bond motifs is 1. The first kappa shape index (κ1) is 16.2. The molecular formula is C18H16N6OS. The Morgan fingerprint density at radius 3 is 2.77 bits per heavy atom. The van der Waals surface area contributed by atoms with Crippen LogP contribution in [0.25, 0.3) is 11.3 Å². The Kier molecular flexibility index (Phi) is 4.32. The van der Waals surface area contributed by atoms with Gasteiger partial charge < -0.3 is 10.3 Å². The number of para-hydroxylation sites is 1. The lowest BCUT2D eigenvalue weighted by atomic mass is 10.3. The molecule has 0 fully saturated rings. The molecule has 0 spiro atoms.